The third-order valence-corrected chi connectivity index (χ3v) is 5.74. The van der Waals surface area contributed by atoms with Crippen LogP contribution in [0.4, 0.5) is 5.69 Å². The highest BCUT2D eigenvalue weighted by Crippen LogP contribution is 2.45. The molecule has 0 bridgehead atoms. The lowest BCUT2D eigenvalue weighted by Crippen LogP contribution is -2.47. The smallest absolute Gasteiger partial charge is 0.327 e. The molecule has 0 spiro atoms. The summed E-state index contributed by atoms with van der Waals surface area (Å²) in [6.45, 7) is 4.62. The van der Waals surface area contributed by atoms with Gasteiger partial charge in [-0.3, -0.25) is 19.3 Å². The molecule has 0 aromatic heterocycles. The van der Waals surface area contributed by atoms with Crippen molar-refractivity contribution in [3.05, 3.63) is 34.7 Å². The molecule has 2 aliphatic heterocycles. The summed E-state index contributed by atoms with van der Waals surface area (Å²) < 4.78 is 0.0788. The van der Waals surface area contributed by atoms with Crippen LogP contribution >= 0.6 is 24.0 Å². The number of thiocarbonyl (C=S) groups is 1. The first-order valence-electron chi connectivity index (χ1n) is 8.13. The highest BCUT2D eigenvalue weighted by Gasteiger charge is 2.47. The zero-order valence-electron chi connectivity index (χ0n) is 14.8. The standard InChI is InChI=1S/C18H16N2O5S2/c1-8(2)13(17(24)25)20-16(23)14(27-18(20)26)12-10-6-4-5-7-11(10)19(9(3)21)15(12)22/h4-8,13H,1-3H3,(H,24,25)/b14-12-. The fourth-order valence-corrected chi connectivity index (χ4v) is 4.61. The average Bonchev–Trinajstić information content (AvgIpc) is 3.01. The molecule has 1 fully saturated rings. The second kappa shape index (κ2) is 6.90. The van der Waals surface area contributed by atoms with E-state index in [9.17, 15) is 24.3 Å². The van der Waals surface area contributed by atoms with E-state index in [1.807, 2.05) is 0 Å². The molecule has 1 aromatic rings. The zero-order valence-corrected chi connectivity index (χ0v) is 16.4. The maximum absolute atomic E-state index is 13.0. The average molecular weight is 404 g/mol. The van der Waals surface area contributed by atoms with E-state index in [0.717, 1.165) is 21.6 Å². The van der Waals surface area contributed by atoms with Gasteiger partial charge in [-0.05, 0) is 12.0 Å². The molecular weight excluding hydrogens is 388 g/mol. The summed E-state index contributed by atoms with van der Waals surface area (Å²) in [5.41, 5.74) is 0.928. The molecule has 1 atom stereocenters. The SMILES string of the molecule is CC(=O)N1C(=O)/C(=C2\SC(=S)N(C(C(=O)O)C(C)C)C2=O)c2ccccc21. The Bertz CT molecular complexity index is 937. The van der Waals surface area contributed by atoms with Gasteiger partial charge in [0.25, 0.3) is 11.8 Å². The van der Waals surface area contributed by atoms with Crippen molar-refractivity contribution < 1.29 is 24.3 Å². The van der Waals surface area contributed by atoms with Crippen molar-refractivity contribution in [3.8, 4) is 0 Å². The highest BCUT2D eigenvalue weighted by atomic mass is 32.2. The Morgan fingerprint density at radius 1 is 1.15 bits per heavy atom. The van der Waals surface area contributed by atoms with Crippen molar-refractivity contribution in [2.24, 2.45) is 5.92 Å². The van der Waals surface area contributed by atoms with Gasteiger partial charge in [-0.25, -0.2) is 9.69 Å². The Labute approximate surface area is 165 Å². The number of anilines is 1. The first-order valence-corrected chi connectivity index (χ1v) is 9.36. The number of hydrogen-bond donors (Lipinski definition) is 1. The topological polar surface area (TPSA) is 95.0 Å². The molecule has 2 heterocycles. The van der Waals surface area contributed by atoms with Crippen molar-refractivity contribution >= 4 is 63.3 Å². The Morgan fingerprint density at radius 3 is 2.33 bits per heavy atom. The maximum Gasteiger partial charge on any atom is 0.327 e. The Kier molecular flexibility index (Phi) is 4.92. The molecule has 0 saturated carbocycles. The van der Waals surface area contributed by atoms with Crippen LogP contribution in [0.3, 0.4) is 0 Å². The minimum absolute atomic E-state index is 0.0492. The number of nitrogens with zero attached hydrogens (tertiary/aromatic N) is 2. The number of benzene rings is 1. The third-order valence-electron chi connectivity index (χ3n) is 4.33. The molecule has 0 radical (unpaired) electrons. The van der Waals surface area contributed by atoms with Gasteiger partial charge in [0.05, 0.1) is 16.2 Å². The number of hydrogen-bond acceptors (Lipinski definition) is 6. The van der Waals surface area contributed by atoms with Gasteiger partial charge in [0.1, 0.15) is 10.4 Å². The van der Waals surface area contributed by atoms with Crippen LogP contribution in [0.15, 0.2) is 29.2 Å². The van der Waals surface area contributed by atoms with Crippen LogP contribution in [0.2, 0.25) is 0 Å². The summed E-state index contributed by atoms with van der Waals surface area (Å²) in [7, 11) is 0. The second-order valence-corrected chi connectivity index (χ2v) is 8.10. The van der Waals surface area contributed by atoms with Crippen LogP contribution in [-0.2, 0) is 19.2 Å². The molecule has 7 nitrogen and oxygen atoms in total. The second-order valence-electron chi connectivity index (χ2n) is 6.45. The summed E-state index contributed by atoms with van der Waals surface area (Å²) in [4.78, 5) is 51.6. The maximum atomic E-state index is 13.0. The molecule has 1 saturated heterocycles. The van der Waals surface area contributed by atoms with Gasteiger partial charge < -0.3 is 5.11 Å². The van der Waals surface area contributed by atoms with E-state index in [1.165, 1.54) is 6.92 Å². The first-order chi connectivity index (χ1) is 12.7. The normalized spacial score (nSPS) is 20.5. The van der Waals surface area contributed by atoms with Gasteiger partial charge in [0, 0.05) is 12.5 Å². The van der Waals surface area contributed by atoms with Gasteiger partial charge in [-0.1, -0.05) is 56.0 Å². The molecule has 0 aliphatic carbocycles. The largest absolute Gasteiger partial charge is 0.480 e. The monoisotopic (exact) mass is 404 g/mol. The van der Waals surface area contributed by atoms with Gasteiger partial charge in [-0.2, -0.15) is 0 Å². The Morgan fingerprint density at radius 2 is 1.78 bits per heavy atom. The predicted molar refractivity (Wildman–Crippen MR) is 105 cm³/mol. The van der Waals surface area contributed by atoms with E-state index in [-0.39, 0.29) is 20.7 Å². The summed E-state index contributed by atoms with van der Waals surface area (Å²) in [5.74, 6) is -3.26. The summed E-state index contributed by atoms with van der Waals surface area (Å²) in [6, 6.07) is 5.53. The molecule has 2 aliphatic rings. The van der Waals surface area contributed by atoms with Gasteiger partial charge in [0.15, 0.2) is 0 Å². The lowest BCUT2D eigenvalue weighted by Gasteiger charge is -2.26. The molecule has 1 N–H and O–H groups in total. The van der Waals surface area contributed by atoms with E-state index in [4.69, 9.17) is 12.2 Å². The number of imide groups is 1. The number of amides is 3. The minimum atomic E-state index is -1.17. The number of fused-ring (bicyclic) bond motifs is 1. The fourth-order valence-electron chi connectivity index (χ4n) is 3.21. The van der Waals surface area contributed by atoms with Gasteiger partial charge >= 0.3 is 5.97 Å². The molecule has 140 valence electrons. The summed E-state index contributed by atoms with van der Waals surface area (Å²) in [5, 5.41) is 9.52. The van der Waals surface area contributed by atoms with Crippen LogP contribution in [0.5, 0.6) is 0 Å². The van der Waals surface area contributed by atoms with Crippen LogP contribution in [0, 0.1) is 5.92 Å². The summed E-state index contributed by atoms with van der Waals surface area (Å²) in [6.07, 6.45) is 0. The van der Waals surface area contributed by atoms with Gasteiger partial charge in [0.2, 0.25) is 5.91 Å². The van der Waals surface area contributed by atoms with E-state index < -0.39 is 29.7 Å². The number of carbonyl (C=O) groups is 4. The fraction of sp³-hybridized carbons (Fsp3) is 0.278. The van der Waals surface area contributed by atoms with E-state index in [0.29, 0.717) is 11.3 Å². The highest BCUT2D eigenvalue weighted by molar-refractivity contribution is 8.26. The number of para-hydroxylation sites is 1. The number of carbonyl (C=O) groups excluding carboxylic acids is 3. The lowest BCUT2D eigenvalue weighted by atomic mass is 10.0. The van der Waals surface area contributed by atoms with Crippen molar-refractivity contribution in [2.75, 3.05) is 4.90 Å². The zero-order chi connectivity index (χ0) is 20.0. The van der Waals surface area contributed by atoms with Crippen molar-refractivity contribution in [1.29, 1.82) is 0 Å². The minimum Gasteiger partial charge on any atom is -0.480 e. The molecule has 3 amide bonds. The van der Waals surface area contributed by atoms with Crippen molar-refractivity contribution in [3.63, 3.8) is 0 Å². The van der Waals surface area contributed by atoms with E-state index >= 15 is 0 Å². The number of carboxylic acids is 1. The Balaban J connectivity index is 2.16. The van der Waals surface area contributed by atoms with Crippen LogP contribution in [-0.4, -0.2) is 44.1 Å². The quantitative estimate of drug-likeness (QED) is 0.610. The first kappa shape index (κ1) is 19.2. The molecule has 3 rings (SSSR count). The van der Waals surface area contributed by atoms with Crippen molar-refractivity contribution in [1.82, 2.24) is 4.90 Å². The lowest BCUT2D eigenvalue weighted by molar-refractivity contribution is -0.146. The number of aliphatic carboxylic acids is 1. The van der Waals surface area contributed by atoms with Crippen LogP contribution < -0.4 is 4.90 Å². The number of carboxylic acid groups (broad SMARTS) is 1. The van der Waals surface area contributed by atoms with Gasteiger partial charge in [-0.15, -0.1) is 0 Å². The van der Waals surface area contributed by atoms with Crippen molar-refractivity contribution in [2.45, 2.75) is 26.8 Å². The molecule has 27 heavy (non-hydrogen) atoms. The molecular formula is C18H16N2O5S2. The van der Waals surface area contributed by atoms with Crippen LogP contribution in [0.1, 0.15) is 26.3 Å². The van der Waals surface area contributed by atoms with Crippen LogP contribution in [0.25, 0.3) is 5.57 Å². The molecule has 9 heteroatoms. The molecule has 1 aromatic carbocycles. The summed E-state index contributed by atoms with van der Waals surface area (Å²) >= 11 is 6.13. The third kappa shape index (κ3) is 2.96. The number of rotatable bonds is 3. The Hall–Kier alpha value is -2.52. The molecule has 1 unspecified atom stereocenters. The number of thioether (sulfide) groups is 1. The van der Waals surface area contributed by atoms with E-state index in [1.54, 1.807) is 38.1 Å². The van der Waals surface area contributed by atoms with E-state index in [2.05, 4.69) is 0 Å². The predicted octanol–water partition coefficient (Wildman–Crippen LogP) is 2.26.